The largest absolute Gasteiger partial charge is 0.485 e. The molecule has 0 amide bonds. The maximum atomic E-state index is 5.62. The van der Waals surface area contributed by atoms with Crippen molar-refractivity contribution >= 4 is 0 Å². The van der Waals surface area contributed by atoms with Crippen LogP contribution in [0.2, 0.25) is 0 Å². The van der Waals surface area contributed by atoms with Crippen LogP contribution in [-0.4, -0.2) is 16.3 Å². The Morgan fingerprint density at radius 1 is 1.53 bits per heavy atom. The minimum atomic E-state index is 0.503. The molecule has 17 heavy (non-hydrogen) atoms. The van der Waals surface area contributed by atoms with E-state index in [2.05, 4.69) is 17.3 Å². The van der Waals surface area contributed by atoms with E-state index in [1.165, 1.54) is 0 Å². The molecule has 0 saturated heterocycles. The molecule has 0 aliphatic carbocycles. The molecule has 0 saturated carbocycles. The number of ether oxygens (including phenoxy) is 1. The highest BCUT2D eigenvalue weighted by Gasteiger charge is 2.07. The van der Waals surface area contributed by atoms with Crippen LogP contribution in [0.15, 0.2) is 29.1 Å². The van der Waals surface area contributed by atoms with Crippen LogP contribution < -0.4 is 10.1 Å². The van der Waals surface area contributed by atoms with Gasteiger partial charge in [-0.25, -0.2) is 0 Å². The second-order valence-electron chi connectivity index (χ2n) is 3.79. The van der Waals surface area contributed by atoms with Crippen molar-refractivity contribution in [2.24, 2.45) is 7.05 Å². The number of hydrogen-bond donors (Lipinski definition) is 1. The molecule has 2 rings (SSSR count). The number of rotatable bonds is 6. The van der Waals surface area contributed by atoms with Gasteiger partial charge in [0.05, 0.1) is 25.2 Å². The number of aromatic nitrogens is 2. The van der Waals surface area contributed by atoms with Gasteiger partial charge in [0, 0.05) is 12.6 Å². The maximum absolute atomic E-state index is 5.62. The monoisotopic (exact) mass is 235 g/mol. The van der Waals surface area contributed by atoms with Crippen molar-refractivity contribution in [3.8, 4) is 5.75 Å². The van der Waals surface area contributed by atoms with Gasteiger partial charge in [-0.15, -0.1) is 0 Å². The highest BCUT2D eigenvalue weighted by atomic mass is 16.5. The number of aryl methyl sites for hydroxylation is 1. The van der Waals surface area contributed by atoms with Crippen LogP contribution in [0.25, 0.3) is 0 Å². The molecule has 92 valence electrons. The zero-order valence-electron chi connectivity index (χ0n) is 10.1. The Hall–Kier alpha value is -1.75. The predicted molar refractivity (Wildman–Crippen MR) is 63.6 cm³/mol. The van der Waals surface area contributed by atoms with E-state index in [0.717, 1.165) is 30.2 Å². The van der Waals surface area contributed by atoms with Crippen LogP contribution in [0.5, 0.6) is 5.75 Å². The highest BCUT2D eigenvalue weighted by Crippen LogP contribution is 2.15. The minimum Gasteiger partial charge on any atom is -0.485 e. The van der Waals surface area contributed by atoms with E-state index in [9.17, 15) is 0 Å². The predicted octanol–water partition coefficient (Wildman–Crippen LogP) is 1.70. The van der Waals surface area contributed by atoms with Crippen molar-refractivity contribution in [3.63, 3.8) is 0 Å². The third-order valence-corrected chi connectivity index (χ3v) is 2.45. The molecule has 0 aliphatic rings. The molecule has 2 heterocycles. The zero-order valence-corrected chi connectivity index (χ0v) is 10.1. The number of nitrogens with zero attached hydrogens (tertiary/aromatic N) is 2. The third kappa shape index (κ3) is 3.10. The van der Waals surface area contributed by atoms with Crippen LogP contribution in [0, 0.1) is 0 Å². The molecule has 0 aliphatic heterocycles. The first-order valence-corrected chi connectivity index (χ1v) is 5.67. The van der Waals surface area contributed by atoms with Crippen molar-refractivity contribution in [2.45, 2.75) is 20.1 Å². The summed E-state index contributed by atoms with van der Waals surface area (Å²) in [5, 5.41) is 7.27. The Kier molecular flexibility index (Phi) is 3.82. The molecule has 2 aromatic heterocycles. The lowest BCUT2D eigenvalue weighted by Gasteiger charge is -2.04. The lowest BCUT2D eigenvalue weighted by atomic mass is 10.2. The normalized spacial score (nSPS) is 10.7. The maximum Gasteiger partial charge on any atom is 0.157 e. The topological polar surface area (TPSA) is 52.2 Å². The standard InChI is InChI=1S/C12H17N3O2/c1-3-13-7-12-10(4-5-16-12)9-17-11-6-14-15(2)8-11/h4-6,8,13H,3,7,9H2,1-2H3. The SMILES string of the molecule is CCNCc1occc1COc1cnn(C)c1. The molecule has 0 atom stereocenters. The Balaban J connectivity index is 1.92. The number of nitrogens with one attached hydrogen (secondary N) is 1. The van der Waals surface area contributed by atoms with Gasteiger partial charge in [-0.05, 0) is 12.6 Å². The van der Waals surface area contributed by atoms with Crippen LogP contribution in [0.3, 0.4) is 0 Å². The average molecular weight is 235 g/mol. The smallest absolute Gasteiger partial charge is 0.157 e. The molecular formula is C12H17N3O2. The first-order chi connectivity index (χ1) is 8.29. The second kappa shape index (κ2) is 5.54. The third-order valence-electron chi connectivity index (χ3n) is 2.45. The van der Waals surface area contributed by atoms with Crippen molar-refractivity contribution in [3.05, 3.63) is 36.0 Å². The Morgan fingerprint density at radius 3 is 3.12 bits per heavy atom. The van der Waals surface area contributed by atoms with E-state index < -0.39 is 0 Å². The molecule has 1 N–H and O–H groups in total. The van der Waals surface area contributed by atoms with Gasteiger partial charge in [0.25, 0.3) is 0 Å². The fourth-order valence-electron chi connectivity index (χ4n) is 1.52. The molecule has 5 heteroatoms. The lowest BCUT2D eigenvalue weighted by molar-refractivity contribution is 0.301. The van der Waals surface area contributed by atoms with Crippen LogP contribution in [-0.2, 0) is 20.2 Å². The Bertz CT molecular complexity index is 462. The summed E-state index contributed by atoms with van der Waals surface area (Å²) in [4.78, 5) is 0. The van der Waals surface area contributed by atoms with Crippen molar-refractivity contribution in [1.29, 1.82) is 0 Å². The summed E-state index contributed by atoms with van der Waals surface area (Å²) >= 11 is 0. The zero-order chi connectivity index (χ0) is 12.1. The van der Waals surface area contributed by atoms with Crippen molar-refractivity contribution in [2.75, 3.05) is 6.54 Å². The summed E-state index contributed by atoms with van der Waals surface area (Å²) in [5.74, 6) is 1.69. The second-order valence-corrected chi connectivity index (χ2v) is 3.79. The van der Waals surface area contributed by atoms with Gasteiger partial charge in [0.2, 0.25) is 0 Å². The molecule has 0 spiro atoms. The summed E-state index contributed by atoms with van der Waals surface area (Å²) in [7, 11) is 1.86. The van der Waals surface area contributed by atoms with Gasteiger partial charge in [-0.2, -0.15) is 5.10 Å². The quantitative estimate of drug-likeness (QED) is 0.828. The molecule has 0 radical (unpaired) electrons. The van der Waals surface area contributed by atoms with E-state index in [1.807, 2.05) is 19.3 Å². The van der Waals surface area contributed by atoms with E-state index in [4.69, 9.17) is 9.15 Å². The Morgan fingerprint density at radius 2 is 2.41 bits per heavy atom. The summed E-state index contributed by atoms with van der Waals surface area (Å²) in [6.07, 6.45) is 5.22. The van der Waals surface area contributed by atoms with Crippen molar-refractivity contribution in [1.82, 2.24) is 15.1 Å². The van der Waals surface area contributed by atoms with Crippen LogP contribution in [0.4, 0.5) is 0 Å². The van der Waals surface area contributed by atoms with Gasteiger partial charge in [-0.3, -0.25) is 4.68 Å². The minimum absolute atomic E-state index is 0.503. The summed E-state index contributed by atoms with van der Waals surface area (Å²) in [5.41, 5.74) is 1.06. The van der Waals surface area contributed by atoms with Gasteiger partial charge in [0.15, 0.2) is 5.75 Å². The summed E-state index contributed by atoms with van der Waals surface area (Å²) < 4.78 is 12.7. The van der Waals surface area contributed by atoms with Crippen molar-refractivity contribution < 1.29 is 9.15 Å². The van der Waals surface area contributed by atoms with E-state index in [1.54, 1.807) is 17.1 Å². The lowest BCUT2D eigenvalue weighted by Crippen LogP contribution is -2.12. The highest BCUT2D eigenvalue weighted by molar-refractivity contribution is 5.18. The van der Waals surface area contributed by atoms with Gasteiger partial charge < -0.3 is 14.5 Å². The molecule has 0 fully saturated rings. The van der Waals surface area contributed by atoms with Gasteiger partial charge >= 0.3 is 0 Å². The molecule has 5 nitrogen and oxygen atoms in total. The number of furan rings is 1. The van der Waals surface area contributed by atoms with E-state index in [-0.39, 0.29) is 0 Å². The van der Waals surface area contributed by atoms with Gasteiger partial charge in [-0.1, -0.05) is 6.92 Å². The average Bonchev–Trinajstić information content (AvgIpc) is 2.92. The molecule has 0 aromatic carbocycles. The fourth-order valence-corrected chi connectivity index (χ4v) is 1.52. The van der Waals surface area contributed by atoms with E-state index in [0.29, 0.717) is 6.61 Å². The molecule has 0 bridgehead atoms. The first kappa shape index (κ1) is 11.7. The van der Waals surface area contributed by atoms with Crippen LogP contribution >= 0.6 is 0 Å². The molecule has 0 unspecified atom stereocenters. The first-order valence-electron chi connectivity index (χ1n) is 5.67. The Labute approximate surface area is 100 Å². The fraction of sp³-hybridized carbons (Fsp3) is 0.417. The molecular weight excluding hydrogens is 218 g/mol. The van der Waals surface area contributed by atoms with E-state index >= 15 is 0 Å². The van der Waals surface area contributed by atoms with Gasteiger partial charge in [0.1, 0.15) is 12.4 Å². The molecule has 2 aromatic rings. The summed E-state index contributed by atoms with van der Waals surface area (Å²) in [6.45, 7) is 4.22. The summed E-state index contributed by atoms with van der Waals surface area (Å²) in [6, 6.07) is 1.93. The van der Waals surface area contributed by atoms with Crippen LogP contribution in [0.1, 0.15) is 18.2 Å². The number of hydrogen-bond acceptors (Lipinski definition) is 4.